The van der Waals surface area contributed by atoms with Gasteiger partial charge in [0.1, 0.15) is 0 Å². The summed E-state index contributed by atoms with van der Waals surface area (Å²) in [6.07, 6.45) is 0. The molecule has 0 aliphatic rings. The van der Waals surface area contributed by atoms with Gasteiger partial charge in [-0.25, -0.2) is 0 Å². The van der Waals surface area contributed by atoms with Crippen molar-refractivity contribution in [3.8, 4) is 33.4 Å². The SMILES string of the molecule is [2H]c1c([2H])c([2H])c(-c2cccc3c(-c4c5ccccc5c(-c5cccc6ccccc56)c5c([2H])c([2H])c([2H])c([2H])c45)cccc23)c([2H])c1[2H]. The molecule has 0 saturated heterocycles. The molecule has 0 radical (unpaired) electrons. The first-order valence-corrected chi connectivity index (χ1v) is 13.1. The minimum Gasteiger partial charge on any atom is -0.0622 e. The summed E-state index contributed by atoms with van der Waals surface area (Å²) < 4.78 is 78.2. The molecular weight excluding hydrogens is 480 g/mol. The Morgan fingerprint density at radius 1 is 0.325 bits per heavy atom. The first-order chi connectivity index (χ1) is 23.6. The van der Waals surface area contributed by atoms with Crippen LogP contribution in [0.4, 0.5) is 0 Å². The van der Waals surface area contributed by atoms with Gasteiger partial charge in [0.05, 0.1) is 12.3 Å². The number of benzene rings is 8. The van der Waals surface area contributed by atoms with E-state index in [1.54, 1.807) is 12.1 Å². The second-order valence-corrected chi connectivity index (χ2v) is 9.78. The van der Waals surface area contributed by atoms with Crippen molar-refractivity contribution < 1.29 is 12.3 Å². The second kappa shape index (κ2) is 9.22. The normalized spacial score (nSPS) is 14.7. The number of hydrogen-bond acceptors (Lipinski definition) is 0. The zero-order chi connectivity index (χ0) is 34.3. The van der Waals surface area contributed by atoms with Crippen molar-refractivity contribution in [3.63, 3.8) is 0 Å². The molecule has 0 aliphatic carbocycles. The second-order valence-electron chi connectivity index (χ2n) is 9.78. The molecule has 8 rings (SSSR count). The van der Waals surface area contributed by atoms with Crippen molar-refractivity contribution >= 4 is 43.1 Å². The Kier molecular flexibility index (Phi) is 3.55. The molecule has 0 N–H and O–H groups in total. The Bertz CT molecular complexity index is 2680. The largest absolute Gasteiger partial charge is 0.0629 e. The van der Waals surface area contributed by atoms with E-state index < -0.39 is 18.1 Å². The van der Waals surface area contributed by atoms with E-state index >= 15 is 0 Å². The lowest BCUT2D eigenvalue weighted by Crippen LogP contribution is -1.92. The van der Waals surface area contributed by atoms with Gasteiger partial charge in [0, 0.05) is 0 Å². The van der Waals surface area contributed by atoms with E-state index in [4.69, 9.17) is 9.60 Å². The van der Waals surface area contributed by atoms with Gasteiger partial charge in [-0.1, -0.05) is 158 Å². The molecule has 0 aromatic heterocycles. The Labute approximate surface area is 246 Å². The third-order valence-electron chi connectivity index (χ3n) is 7.67. The number of fused-ring (bicyclic) bond motifs is 4. The maximum Gasteiger partial charge on any atom is 0.0629 e. The van der Waals surface area contributed by atoms with Gasteiger partial charge in [-0.15, -0.1) is 0 Å². The highest BCUT2D eigenvalue weighted by Crippen LogP contribution is 2.47. The van der Waals surface area contributed by atoms with E-state index in [0.717, 1.165) is 32.7 Å². The van der Waals surface area contributed by atoms with Gasteiger partial charge in [0.2, 0.25) is 0 Å². The summed E-state index contributed by atoms with van der Waals surface area (Å²) in [7, 11) is 0. The third kappa shape index (κ3) is 3.47. The molecule has 8 aromatic carbocycles. The van der Waals surface area contributed by atoms with Crippen LogP contribution < -0.4 is 0 Å². The predicted molar refractivity (Wildman–Crippen MR) is 173 cm³/mol. The van der Waals surface area contributed by atoms with Crippen LogP contribution in [0.2, 0.25) is 0 Å². The zero-order valence-corrected chi connectivity index (χ0v) is 21.3. The Morgan fingerprint density at radius 2 is 0.775 bits per heavy atom. The van der Waals surface area contributed by atoms with Crippen LogP contribution in [0.1, 0.15) is 12.3 Å². The Morgan fingerprint density at radius 3 is 1.45 bits per heavy atom. The fourth-order valence-corrected chi connectivity index (χ4v) is 6.01. The molecule has 0 heterocycles. The molecule has 0 saturated carbocycles. The summed E-state index contributed by atoms with van der Waals surface area (Å²) in [6, 6.07) is 29.9. The highest BCUT2D eigenvalue weighted by atomic mass is 14.2. The van der Waals surface area contributed by atoms with Crippen LogP contribution in [0.3, 0.4) is 0 Å². The van der Waals surface area contributed by atoms with Crippen LogP contribution in [0, 0.1) is 0 Å². The average molecular weight is 516 g/mol. The molecule has 0 spiro atoms. The molecule has 0 aliphatic heterocycles. The van der Waals surface area contributed by atoms with E-state index in [1.807, 2.05) is 91.0 Å². The number of rotatable bonds is 3. The minimum absolute atomic E-state index is 0.0942. The molecule has 8 aromatic rings. The van der Waals surface area contributed by atoms with Gasteiger partial charge in [-0.3, -0.25) is 0 Å². The van der Waals surface area contributed by atoms with Gasteiger partial charge in [-0.05, 0) is 76.5 Å². The highest BCUT2D eigenvalue weighted by molar-refractivity contribution is 6.25. The van der Waals surface area contributed by atoms with E-state index in [9.17, 15) is 2.74 Å². The zero-order valence-electron chi connectivity index (χ0n) is 30.3. The quantitative estimate of drug-likeness (QED) is 0.205. The van der Waals surface area contributed by atoms with Crippen LogP contribution in [-0.4, -0.2) is 0 Å². The number of hydrogen-bond donors (Lipinski definition) is 0. The van der Waals surface area contributed by atoms with Crippen LogP contribution in [0.25, 0.3) is 76.5 Å². The maximum atomic E-state index is 9.32. The van der Waals surface area contributed by atoms with Crippen molar-refractivity contribution in [1.82, 2.24) is 0 Å². The van der Waals surface area contributed by atoms with E-state index in [2.05, 4.69) is 0 Å². The molecule has 186 valence electrons. The van der Waals surface area contributed by atoms with Gasteiger partial charge >= 0.3 is 0 Å². The molecule has 0 fully saturated rings. The smallest absolute Gasteiger partial charge is 0.0622 e. The van der Waals surface area contributed by atoms with Gasteiger partial charge < -0.3 is 0 Å². The first-order valence-electron chi connectivity index (χ1n) is 17.6. The summed E-state index contributed by atoms with van der Waals surface area (Å²) >= 11 is 0. The lowest BCUT2D eigenvalue weighted by Gasteiger charge is -2.20. The summed E-state index contributed by atoms with van der Waals surface area (Å²) in [6.45, 7) is 0. The molecular formula is C40H26. The monoisotopic (exact) mass is 515 g/mol. The molecule has 40 heavy (non-hydrogen) atoms. The van der Waals surface area contributed by atoms with E-state index in [1.165, 1.54) is 0 Å². The molecule has 0 amide bonds. The third-order valence-corrected chi connectivity index (χ3v) is 7.67. The van der Waals surface area contributed by atoms with Gasteiger partial charge in [-0.2, -0.15) is 0 Å². The average Bonchev–Trinajstić information content (AvgIpc) is 3.13. The molecule has 0 nitrogen and oxygen atoms in total. The van der Waals surface area contributed by atoms with Gasteiger partial charge in [0.25, 0.3) is 0 Å². The standard InChI is InChI=1S/C40H26/c1-2-13-27(14-3-1)29-22-11-24-32-31(29)23-12-26-34(32)40-37-20-8-6-18-35(37)39(36-19-7-9-21-38(36)40)33-25-10-16-28-15-4-5-17-30(28)33/h1-26H/i1D,2D,3D,6D,8D,13D,14D,18D,20D. The summed E-state index contributed by atoms with van der Waals surface area (Å²) in [4.78, 5) is 0. The van der Waals surface area contributed by atoms with Crippen LogP contribution in [-0.2, 0) is 0 Å². The lowest BCUT2D eigenvalue weighted by molar-refractivity contribution is 1.64. The van der Waals surface area contributed by atoms with Crippen LogP contribution in [0.5, 0.6) is 0 Å². The molecule has 0 heteroatoms. The highest BCUT2D eigenvalue weighted by Gasteiger charge is 2.19. The van der Waals surface area contributed by atoms with Crippen molar-refractivity contribution in [2.45, 2.75) is 0 Å². The van der Waals surface area contributed by atoms with Crippen molar-refractivity contribution in [3.05, 3.63) is 158 Å². The lowest BCUT2D eigenvalue weighted by atomic mass is 9.83. The van der Waals surface area contributed by atoms with Crippen molar-refractivity contribution in [1.29, 1.82) is 0 Å². The topological polar surface area (TPSA) is 0 Å². The predicted octanol–water partition coefficient (Wildman–Crippen LogP) is 11.3. The Hall–Kier alpha value is -5.20. The molecule has 0 bridgehead atoms. The van der Waals surface area contributed by atoms with Crippen molar-refractivity contribution in [2.75, 3.05) is 0 Å². The first kappa shape index (κ1) is 15.4. The van der Waals surface area contributed by atoms with E-state index in [0.29, 0.717) is 38.2 Å². The molecule has 0 unspecified atom stereocenters. The summed E-state index contributed by atoms with van der Waals surface area (Å²) in [5.74, 6) is 0. The van der Waals surface area contributed by atoms with Crippen LogP contribution in [0.15, 0.2) is 158 Å². The summed E-state index contributed by atoms with van der Waals surface area (Å²) in [5, 5.41) is 5.75. The fourth-order valence-electron chi connectivity index (χ4n) is 6.01. The van der Waals surface area contributed by atoms with E-state index in [-0.39, 0.29) is 41.8 Å². The maximum absolute atomic E-state index is 9.32. The fraction of sp³-hybridized carbons (Fsp3) is 0. The van der Waals surface area contributed by atoms with Gasteiger partial charge in [0.15, 0.2) is 0 Å². The Balaban J connectivity index is 1.57. The minimum atomic E-state index is -0.460. The molecule has 0 atom stereocenters. The summed E-state index contributed by atoms with van der Waals surface area (Å²) in [5.41, 5.74) is 3.47. The van der Waals surface area contributed by atoms with Crippen LogP contribution >= 0.6 is 0 Å². The van der Waals surface area contributed by atoms with Crippen molar-refractivity contribution in [2.24, 2.45) is 0 Å².